The number of allylic oxidation sites excluding steroid dienone is 6. The summed E-state index contributed by atoms with van der Waals surface area (Å²) in [6.07, 6.45) is 14.8. The van der Waals surface area contributed by atoms with Crippen molar-refractivity contribution in [1.82, 2.24) is 10.2 Å². The van der Waals surface area contributed by atoms with Gasteiger partial charge in [0.25, 0.3) is 39.5 Å². The van der Waals surface area contributed by atoms with Crippen molar-refractivity contribution in [2.75, 3.05) is 37.7 Å². The van der Waals surface area contributed by atoms with Crippen molar-refractivity contribution >= 4 is 90.8 Å². The highest BCUT2D eigenvalue weighted by molar-refractivity contribution is 7.85. The van der Waals surface area contributed by atoms with Crippen LogP contribution >= 0.6 is 23.5 Å². The number of carbonyl (C=O) groups is 3. The predicted molar refractivity (Wildman–Crippen MR) is 377 cm³/mol. The molecule has 0 radical (unpaired) electrons. The van der Waals surface area contributed by atoms with Gasteiger partial charge in [0, 0.05) is 115 Å². The average molecular weight is 1520 g/mol. The second-order valence-corrected chi connectivity index (χ2v) is 32.4. The summed E-state index contributed by atoms with van der Waals surface area (Å²) in [6, 6.07) is 23.1. The Hall–Kier alpha value is -7.78. The number of ether oxygens (including phenoxy) is 1. The predicted octanol–water partition coefficient (Wildman–Crippen LogP) is 9.98. The van der Waals surface area contributed by atoms with Gasteiger partial charge in [-0.2, -0.15) is 13.0 Å². The Morgan fingerprint density at radius 3 is 2.26 bits per heavy atom. The van der Waals surface area contributed by atoms with Crippen LogP contribution in [-0.2, 0) is 68.7 Å². The molecule has 4 aromatic carbocycles. The minimum absolute atomic E-state index is 0. The van der Waals surface area contributed by atoms with Crippen LogP contribution in [0.2, 0.25) is 0 Å². The Labute approximate surface area is 599 Å². The topological polar surface area (TPSA) is 425 Å². The Balaban J connectivity index is 0.000000564. The van der Waals surface area contributed by atoms with E-state index in [4.69, 9.17) is 18.2 Å². The number of hydrogen-bond donors (Lipinski definition) is 5. The quantitative estimate of drug-likeness (QED) is 0.00492. The number of anilines is 1. The number of phenols is 1. The number of aromatic hydroxyl groups is 1. The smallest absolute Gasteiger partial charge is 0.336 e. The van der Waals surface area contributed by atoms with E-state index in [9.17, 15) is 79.5 Å². The third-order valence-electron chi connectivity index (χ3n) is 18.4. The van der Waals surface area contributed by atoms with E-state index in [1.54, 1.807) is 61.2 Å². The minimum Gasteiger partial charge on any atom is -0.756 e. The fourth-order valence-electron chi connectivity index (χ4n) is 13.5. The third kappa shape index (κ3) is 19.4. The maximum Gasteiger partial charge on any atom is 0.336 e. The first kappa shape index (κ1) is 79.3. The van der Waals surface area contributed by atoms with Crippen molar-refractivity contribution in [2.45, 2.75) is 146 Å². The van der Waals surface area contributed by atoms with Crippen LogP contribution in [0.15, 0.2) is 141 Å². The third-order valence-corrected chi connectivity index (χ3v) is 23.3. The Morgan fingerprint density at radius 2 is 1.60 bits per heavy atom. The van der Waals surface area contributed by atoms with Crippen LogP contribution in [0, 0.1) is 11.8 Å². The molecule has 4 unspecified atom stereocenters. The van der Waals surface area contributed by atoms with E-state index in [2.05, 4.69) is 53.6 Å². The van der Waals surface area contributed by atoms with Gasteiger partial charge in [-0.1, -0.05) is 38.1 Å². The number of nitrogens with zero attached hydrogens (tertiary/aromatic N) is 3. The van der Waals surface area contributed by atoms with Gasteiger partial charge in [-0.15, -0.1) is 11.8 Å². The molecule has 0 bridgehead atoms. The summed E-state index contributed by atoms with van der Waals surface area (Å²) >= 11 is -2.76. The van der Waals surface area contributed by atoms with Gasteiger partial charge in [0.2, 0.25) is 11.6 Å². The van der Waals surface area contributed by atoms with Gasteiger partial charge in [0.15, 0.2) is 11.1 Å². The number of unbranched alkanes of at least 4 members (excludes halogenated alkanes) is 2. The fourth-order valence-corrected chi connectivity index (χ4v) is 17.2. The second-order valence-electron chi connectivity index (χ2n) is 26.2. The molecule has 2 saturated heterocycles. The number of benzene rings is 5. The Bertz CT molecular complexity index is 4800. The molecular formula is C70H80N4O24P3S2-3. The zero-order valence-electron chi connectivity index (χ0n) is 57.3. The molecule has 2 fully saturated rings. The normalized spacial score (nSPS) is 20.0. The maximum atomic E-state index is 14.2. The summed E-state index contributed by atoms with van der Waals surface area (Å²) in [5.41, 5.74) is 4.89. The van der Waals surface area contributed by atoms with Crippen LogP contribution in [0.5, 0.6) is 11.5 Å². The SMILES string of the molecule is CC#CCCC1(NC(=O)CCCCC[N+]2=C(C=CC=CC=C3N(CC)c4ccc(S(=O)(=O)O)cc4C3(C)C)C(C)(C)c3cc(OS(=O)[O-])ccc32)CCN(C(=O)c2ccc(-c3c4ccc(=O)cc-4oc4cc(O)ccc34)c(C(=O)O)c2)CC1.C[C@H]1CC[C@@H](COP(=O)([O-])OP(=O)([O-])OP(=O)([O-])O)O1.[HH]. The van der Waals surface area contributed by atoms with Crippen molar-refractivity contribution < 1.29 is 112 Å². The van der Waals surface area contributed by atoms with Gasteiger partial charge in [-0.05, 0) is 163 Å². The lowest BCUT2D eigenvalue weighted by molar-refractivity contribution is -0.438. The molecule has 103 heavy (non-hydrogen) atoms. The van der Waals surface area contributed by atoms with E-state index >= 15 is 0 Å². The Kier molecular flexibility index (Phi) is 24.9. The van der Waals surface area contributed by atoms with Gasteiger partial charge < -0.3 is 67.3 Å². The first-order valence-corrected chi connectivity index (χ1v) is 39.7. The lowest BCUT2D eigenvalue weighted by atomic mass is 9.81. The van der Waals surface area contributed by atoms with E-state index < -0.39 is 80.0 Å². The lowest BCUT2D eigenvalue weighted by Gasteiger charge is -2.42. The maximum absolute atomic E-state index is 14.2. The molecular weight excluding hydrogens is 1440 g/mol. The molecule has 0 aromatic heterocycles. The van der Waals surface area contributed by atoms with E-state index in [1.165, 1.54) is 42.5 Å². The molecule has 0 saturated carbocycles. The molecule has 5 heterocycles. The number of likely N-dealkylation sites (N-methyl/N-ethyl adjacent to an activating group) is 1. The fraction of sp³-hybridized carbons (Fsp3) is 0.386. The molecule has 33 heteroatoms. The van der Waals surface area contributed by atoms with Gasteiger partial charge in [0.05, 0.1) is 34.7 Å². The molecule has 1 aliphatic carbocycles. The number of carboxylic acids is 1. The van der Waals surface area contributed by atoms with Gasteiger partial charge >= 0.3 is 5.97 Å². The number of phosphoric acid groups is 3. The number of aromatic carboxylic acids is 1. The highest BCUT2D eigenvalue weighted by atomic mass is 32.2. The molecule has 2 amide bonds. The van der Waals surface area contributed by atoms with Crippen molar-refractivity contribution in [3.8, 4) is 45.8 Å². The summed E-state index contributed by atoms with van der Waals surface area (Å²) in [6.45, 7) is 15.1. The number of likely N-dealkylation sites (tertiary alicyclic amines) is 1. The van der Waals surface area contributed by atoms with Crippen molar-refractivity contribution in [2.24, 2.45) is 0 Å². The highest BCUT2D eigenvalue weighted by Gasteiger charge is 2.45. The highest BCUT2D eigenvalue weighted by Crippen LogP contribution is 2.61. The first-order valence-electron chi connectivity index (χ1n) is 32.8. The number of amides is 2. The summed E-state index contributed by atoms with van der Waals surface area (Å²) in [4.78, 5) is 97.4. The largest absolute Gasteiger partial charge is 0.756 e. The molecule has 554 valence electrons. The summed E-state index contributed by atoms with van der Waals surface area (Å²) in [7, 11) is -21.3. The van der Waals surface area contributed by atoms with E-state index in [0.29, 0.717) is 93.2 Å². The van der Waals surface area contributed by atoms with E-state index in [1.807, 2.05) is 57.2 Å². The number of piperidine rings is 1. The zero-order valence-corrected chi connectivity index (χ0v) is 61.6. The monoisotopic (exact) mass is 1520 g/mol. The summed E-state index contributed by atoms with van der Waals surface area (Å²) in [5.74, 6) is 4.69. The van der Waals surface area contributed by atoms with Crippen LogP contribution in [0.1, 0.15) is 146 Å². The standard InChI is InChI=1S/C64H66N4O13S2.C6H15O11P3.H2/c1-7-9-15-30-64(31-34-66(35-32-64)60(72)41-20-25-46(49(36-41)61(73)74)59-47-26-21-42(69)37-54(47)80-55-38-43(70)22-27-48(55)59)65-58(71)19-14-11-16-33-68-53-28-23-44(81-82(75)76)39-50(53)62(3,4)57(68)18-13-10-12-17-56-63(5,6)51-40-45(83(77,78)79)24-29-52(51)67(56)8-2;1-5-2-3-6(15-5)4-14-19(10,11)17-20(12,13)16-18(7,8)9;/h10,12-13,17-18,20-29,36-40H,8,11,14-16,19,30-35H2,1-6H3,(H4-,65,69,70,71,73,74,75,76,77,78,79);5-6H,2-4H2,1H3,(H,10,11)(H,12,13)(H2,7,8,9);1H/p-3/t;5-,6-;/m.0./s1. The molecule has 10 rings (SSSR count). The number of phenolic OH excluding ortho intramolecular Hbond substituents is 1. The molecule has 6 aliphatic rings. The molecule has 4 aromatic rings. The molecule has 28 nitrogen and oxygen atoms in total. The van der Waals surface area contributed by atoms with Gasteiger partial charge in [-0.3, -0.25) is 32.6 Å². The van der Waals surface area contributed by atoms with Crippen LogP contribution in [0.25, 0.3) is 33.4 Å². The zero-order chi connectivity index (χ0) is 75.2. The van der Waals surface area contributed by atoms with Crippen LogP contribution in [0.3, 0.4) is 0 Å². The number of nitrogens with one attached hydrogen (secondary N) is 1. The second kappa shape index (κ2) is 32.3. The number of carbonyl (C=O) groups excluding carboxylic acids is 2. The van der Waals surface area contributed by atoms with E-state index in [0.717, 1.165) is 46.8 Å². The molecule has 5 N–H and O–H groups in total. The molecule has 6 atom stereocenters. The van der Waals surface area contributed by atoms with Crippen molar-refractivity contribution in [1.29, 1.82) is 0 Å². The first-order chi connectivity index (χ1) is 48.3. The van der Waals surface area contributed by atoms with Gasteiger partial charge in [0.1, 0.15) is 40.7 Å². The number of carboxylic acid groups (broad SMARTS) is 1. The summed E-state index contributed by atoms with van der Waals surface area (Å²) in [5, 5.41) is 24.6. The number of fused-ring (bicyclic) bond motifs is 4. The van der Waals surface area contributed by atoms with Crippen LogP contribution in [-0.4, -0.2) is 120 Å². The number of rotatable bonds is 26. The van der Waals surface area contributed by atoms with Gasteiger partial charge in [-0.25, -0.2) is 17.6 Å². The van der Waals surface area contributed by atoms with Crippen molar-refractivity contribution in [3.05, 3.63) is 160 Å². The van der Waals surface area contributed by atoms with E-state index in [-0.39, 0.29) is 70.1 Å². The number of hydrogen-bond acceptors (Lipinski definition) is 22. The molecule has 5 aliphatic heterocycles. The molecule has 0 spiro atoms. The minimum atomic E-state index is -5.83. The average Bonchev–Trinajstić information content (AvgIpc) is 1.56. The Morgan fingerprint density at radius 1 is 0.874 bits per heavy atom. The summed E-state index contributed by atoms with van der Waals surface area (Å²) < 4.78 is 118. The van der Waals surface area contributed by atoms with Crippen molar-refractivity contribution in [3.63, 3.8) is 0 Å². The number of phosphoric ester groups is 1. The van der Waals surface area contributed by atoms with Crippen LogP contribution < -0.4 is 34.5 Å². The lowest BCUT2D eigenvalue weighted by Crippen LogP contribution is -2.56. The van der Waals surface area contributed by atoms with Crippen LogP contribution in [0.4, 0.5) is 11.4 Å².